The van der Waals surface area contributed by atoms with E-state index in [1.165, 1.54) is 7.05 Å². The molecule has 0 aliphatic rings. The highest BCUT2D eigenvalue weighted by Crippen LogP contribution is 2.32. The minimum atomic E-state index is -3.48. The summed E-state index contributed by atoms with van der Waals surface area (Å²) in [6.45, 7) is 0. The Balaban J connectivity index is 2.04. The molecule has 26 heavy (non-hydrogen) atoms. The fraction of sp³-hybridized carbons (Fsp3) is 0.105. The number of carbonyl (C=O) groups excluding carboxylic acids is 1. The van der Waals surface area contributed by atoms with Crippen molar-refractivity contribution in [2.24, 2.45) is 0 Å². The Morgan fingerprint density at radius 1 is 1.04 bits per heavy atom. The molecular formula is C19H18N2O4S. The number of benzene rings is 2. The van der Waals surface area contributed by atoms with Gasteiger partial charge in [-0.1, -0.05) is 24.3 Å². The standard InChI is InChI=1S/C19H18N2O4S/c1-21(26(2,23)24)18-9-8-15(16-10-11-25-13-16)12-17(18)20-19(22)14-6-4-3-5-7-14/h3-13H,1-2H3,(H,20,22). The van der Waals surface area contributed by atoms with Gasteiger partial charge in [-0.15, -0.1) is 0 Å². The third-order valence-electron chi connectivity index (χ3n) is 3.97. The highest BCUT2D eigenvalue weighted by Gasteiger charge is 2.18. The lowest BCUT2D eigenvalue weighted by Crippen LogP contribution is -2.26. The van der Waals surface area contributed by atoms with Crippen LogP contribution >= 0.6 is 0 Å². The predicted molar refractivity (Wildman–Crippen MR) is 102 cm³/mol. The van der Waals surface area contributed by atoms with Gasteiger partial charge < -0.3 is 9.73 Å². The average molecular weight is 370 g/mol. The number of amides is 1. The van der Waals surface area contributed by atoms with Crippen LogP contribution in [0.1, 0.15) is 10.4 Å². The van der Waals surface area contributed by atoms with Gasteiger partial charge in [0.15, 0.2) is 0 Å². The number of rotatable bonds is 5. The largest absolute Gasteiger partial charge is 0.472 e. The summed E-state index contributed by atoms with van der Waals surface area (Å²) in [5.74, 6) is -0.321. The quantitative estimate of drug-likeness (QED) is 0.744. The molecule has 0 unspecified atom stereocenters. The Morgan fingerprint density at radius 2 is 1.77 bits per heavy atom. The second-order valence-corrected chi connectivity index (χ2v) is 7.81. The van der Waals surface area contributed by atoms with Crippen LogP contribution in [0.4, 0.5) is 11.4 Å². The lowest BCUT2D eigenvalue weighted by Gasteiger charge is -2.21. The third-order valence-corrected chi connectivity index (χ3v) is 5.16. The van der Waals surface area contributed by atoms with Gasteiger partial charge in [-0.3, -0.25) is 9.10 Å². The number of sulfonamides is 1. The zero-order chi connectivity index (χ0) is 18.7. The Morgan fingerprint density at radius 3 is 2.38 bits per heavy atom. The van der Waals surface area contributed by atoms with Crippen LogP contribution in [0.25, 0.3) is 11.1 Å². The van der Waals surface area contributed by atoms with Crippen molar-refractivity contribution in [1.29, 1.82) is 0 Å². The van der Waals surface area contributed by atoms with Gasteiger partial charge in [0.1, 0.15) is 0 Å². The molecule has 1 N–H and O–H groups in total. The van der Waals surface area contributed by atoms with Crippen LogP contribution in [-0.4, -0.2) is 27.6 Å². The SMILES string of the molecule is CN(c1ccc(-c2ccoc2)cc1NC(=O)c1ccccc1)S(C)(=O)=O. The smallest absolute Gasteiger partial charge is 0.255 e. The first-order valence-corrected chi connectivity index (χ1v) is 9.68. The molecule has 1 heterocycles. The van der Waals surface area contributed by atoms with Crippen molar-refractivity contribution < 1.29 is 17.6 Å². The first-order chi connectivity index (χ1) is 12.4. The van der Waals surface area contributed by atoms with Gasteiger partial charge in [0, 0.05) is 18.2 Å². The molecule has 0 saturated carbocycles. The summed E-state index contributed by atoms with van der Waals surface area (Å²) < 4.78 is 30.1. The fourth-order valence-electron chi connectivity index (χ4n) is 2.48. The van der Waals surface area contributed by atoms with Gasteiger partial charge in [0.25, 0.3) is 5.91 Å². The molecular weight excluding hydrogens is 352 g/mol. The topological polar surface area (TPSA) is 79.6 Å². The maximum absolute atomic E-state index is 12.5. The van der Waals surface area contributed by atoms with Crippen molar-refractivity contribution in [3.8, 4) is 11.1 Å². The zero-order valence-corrected chi connectivity index (χ0v) is 15.2. The highest BCUT2D eigenvalue weighted by molar-refractivity contribution is 7.92. The number of furan rings is 1. The minimum absolute atomic E-state index is 0.321. The summed E-state index contributed by atoms with van der Waals surface area (Å²) in [5, 5.41) is 2.81. The summed E-state index contributed by atoms with van der Waals surface area (Å²) in [5.41, 5.74) is 2.88. The van der Waals surface area contributed by atoms with Gasteiger partial charge in [-0.25, -0.2) is 8.42 Å². The number of hydrogen-bond acceptors (Lipinski definition) is 4. The van der Waals surface area contributed by atoms with Crippen LogP contribution in [0.5, 0.6) is 0 Å². The molecule has 2 aromatic carbocycles. The van der Waals surface area contributed by atoms with Gasteiger partial charge >= 0.3 is 0 Å². The molecule has 0 radical (unpaired) electrons. The van der Waals surface area contributed by atoms with E-state index in [4.69, 9.17) is 4.42 Å². The maximum Gasteiger partial charge on any atom is 0.255 e. The summed E-state index contributed by atoms with van der Waals surface area (Å²) >= 11 is 0. The second-order valence-electron chi connectivity index (χ2n) is 5.79. The third kappa shape index (κ3) is 3.78. The summed E-state index contributed by atoms with van der Waals surface area (Å²) in [6, 6.07) is 15.7. The minimum Gasteiger partial charge on any atom is -0.472 e. The molecule has 0 atom stereocenters. The Bertz CT molecular complexity index is 1010. The summed E-state index contributed by atoms with van der Waals surface area (Å²) in [6.07, 6.45) is 4.24. The van der Waals surface area contributed by atoms with E-state index >= 15 is 0 Å². The molecule has 3 rings (SSSR count). The molecule has 1 amide bonds. The van der Waals surface area contributed by atoms with E-state index in [-0.39, 0.29) is 5.91 Å². The van der Waals surface area contributed by atoms with Gasteiger partial charge in [0.05, 0.1) is 30.2 Å². The van der Waals surface area contributed by atoms with E-state index in [9.17, 15) is 13.2 Å². The fourth-order valence-corrected chi connectivity index (χ4v) is 3.00. The van der Waals surface area contributed by atoms with Crippen LogP contribution in [-0.2, 0) is 10.0 Å². The molecule has 0 aliphatic heterocycles. The van der Waals surface area contributed by atoms with Crippen molar-refractivity contribution in [1.82, 2.24) is 0 Å². The lowest BCUT2D eigenvalue weighted by atomic mass is 10.1. The van der Waals surface area contributed by atoms with E-state index in [0.29, 0.717) is 16.9 Å². The second kappa shape index (κ2) is 7.05. The van der Waals surface area contributed by atoms with Crippen LogP contribution in [0, 0.1) is 0 Å². The van der Waals surface area contributed by atoms with Crippen LogP contribution < -0.4 is 9.62 Å². The van der Waals surface area contributed by atoms with Gasteiger partial charge in [0.2, 0.25) is 10.0 Å². The molecule has 1 aromatic heterocycles. The number of nitrogens with one attached hydrogen (secondary N) is 1. The molecule has 3 aromatic rings. The van der Waals surface area contributed by atoms with Crippen LogP contribution in [0.2, 0.25) is 0 Å². The molecule has 0 bridgehead atoms. The van der Waals surface area contributed by atoms with E-state index in [1.54, 1.807) is 61.1 Å². The number of anilines is 2. The Labute approximate surface area is 152 Å². The van der Waals surface area contributed by atoms with Gasteiger partial charge in [-0.05, 0) is 35.9 Å². The lowest BCUT2D eigenvalue weighted by molar-refractivity contribution is 0.102. The number of nitrogens with zero attached hydrogens (tertiary/aromatic N) is 1. The maximum atomic E-state index is 12.5. The van der Waals surface area contributed by atoms with Crippen molar-refractivity contribution >= 4 is 27.3 Å². The van der Waals surface area contributed by atoms with Crippen molar-refractivity contribution in [2.45, 2.75) is 0 Å². The predicted octanol–water partition coefficient (Wildman–Crippen LogP) is 3.59. The van der Waals surface area contributed by atoms with E-state index in [2.05, 4.69) is 5.32 Å². The molecule has 6 nitrogen and oxygen atoms in total. The molecule has 7 heteroatoms. The Hall–Kier alpha value is -3.06. The highest BCUT2D eigenvalue weighted by atomic mass is 32.2. The van der Waals surface area contributed by atoms with Gasteiger partial charge in [-0.2, -0.15) is 0 Å². The van der Waals surface area contributed by atoms with E-state index in [1.807, 2.05) is 6.07 Å². The van der Waals surface area contributed by atoms with Crippen molar-refractivity contribution in [3.63, 3.8) is 0 Å². The van der Waals surface area contributed by atoms with Crippen molar-refractivity contribution in [2.75, 3.05) is 22.9 Å². The van der Waals surface area contributed by atoms with Crippen LogP contribution in [0.3, 0.4) is 0 Å². The summed E-state index contributed by atoms with van der Waals surface area (Å²) in [4.78, 5) is 12.5. The zero-order valence-electron chi connectivity index (χ0n) is 14.3. The molecule has 0 aliphatic carbocycles. The monoisotopic (exact) mass is 370 g/mol. The number of carbonyl (C=O) groups is 1. The first kappa shape index (κ1) is 17.8. The number of hydrogen-bond donors (Lipinski definition) is 1. The first-order valence-electron chi connectivity index (χ1n) is 7.83. The normalized spacial score (nSPS) is 11.2. The molecule has 134 valence electrons. The van der Waals surface area contributed by atoms with Crippen molar-refractivity contribution in [3.05, 3.63) is 72.7 Å². The molecule has 0 saturated heterocycles. The van der Waals surface area contributed by atoms with E-state index in [0.717, 1.165) is 21.7 Å². The molecule has 0 spiro atoms. The molecule has 0 fully saturated rings. The Kier molecular flexibility index (Phi) is 4.81. The average Bonchev–Trinajstić information content (AvgIpc) is 3.16. The van der Waals surface area contributed by atoms with Crippen LogP contribution in [0.15, 0.2) is 71.5 Å². The van der Waals surface area contributed by atoms with E-state index < -0.39 is 10.0 Å². The summed E-state index contributed by atoms with van der Waals surface area (Å²) in [7, 11) is -2.04.